The Bertz CT molecular complexity index is 1240. The Labute approximate surface area is 242 Å². The number of carboxylic acid groups (broad SMARTS) is 1. The van der Waals surface area contributed by atoms with E-state index in [1.807, 2.05) is 13.0 Å². The van der Waals surface area contributed by atoms with Gasteiger partial charge < -0.3 is 33.5 Å². The summed E-state index contributed by atoms with van der Waals surface area (Å²) in [5.41, 5.74) is 2.34. The van der Waals surface area contributed by atoms with Crippen molar-refractivity contribution in [2.75, 3.05) is 40.8 Å². The number of ether oxygens (including phenoxy) is 6. The molecule has 2 aromatic rings. The zero-order chi connectivity index (χ0) is 28.8. The number of hydrogen-bond acceptors (Lipinski definition) is 7. The van der Waals surface area contributed by atoms with Gasteiger partial charge in [0.2, 0.25) is 0 Å². The van der Waals surface area contributed by atoms with Gasteiger partial charge >= 0.3 is 12.4 Å². The number of aromatic carboxylic acids is 1. The van der Waals surface area contributed by atoms with Crippen molar-refractivity contribution in [1.29, 1.82) is 0 Å². The molecular formula is C33H40O8. The van der Waals surface area contributed by atoms with Gasteiger partial charge in [-0.2, -0.15) is 0 Å². The molecule has 1 unspecified atom stereocenters. The van der Waals surface area contributed by atoms with E-state index in [0.29, 0.717) is 42.4 Å². The summed E-state index contributed by atoms with van der Waals surface area (Å²) in [6.45, 7) is 2.31. The molecule has 0 saturated heterocycles. The van der Waals surface area contributed by atoms with Crippen LogP contribution in [0.25, 0.3) is 0 Å². The van der Waals surface area contributed by atoms with Gasteiger partial charge in [-0.3, -0.25) is 0 Å². The molecule has 0 heterocycles. The predicted octanol–water partition coefficient (Wildman–Crippen LogP) is 5.60. The first-order valence-electron chi connectivity index (χ1n) is 14.5. The average molecular weight is 565 g/mol. The third-order valence-electron chi connectivity index (χ3n) is 8.63. The van der Waals surface area contributed by atoms with E-state index in [2.05, 4.69) is 17.9 Å². The Balaban J connectivity index is 1.59. The van der Waals surface area contributed by atoms with Crippen molar-refractivity contribution in [2.45, 2.75) is 57.3 Å². The quantitative estimate of drug-likeness (QED) is 0.191. The minimum atomic E-state index is -1.02. The molecule has 8 nitrogen and oxygen atoms in total. The van der Waals surface area contributed by atoms with Crippen molar-refractivity contribution in [1.82, 2.24) is 0 Å². The summed E-state index contributed by atoms with van der Waals surface area (Å²) < 4.78 is 34.3. The van der Waals surface area contributed by atoms with Crippen LogP contribution in [-0.2, 0) is 24.4 Å². The highest BCUT2D eigenvalue weighted by Gasteiger charge is 2.52. The van der Waals surface area contributed by atoms with E-state index in [9.17, 15) is 9.90 Å². The number of carboxylic acids is 1. The Morgan fingerprint density at radius 3 is 2.29 bits per heavy atom. The Morgan fingerprint density at radius 2 is 1.66 bits per heavy atom. The number of hydrogen-bond donors (Lipinski definition) is 1. The van der Waals surface area contributed by atoms with Crippen molar-refractivity contribution in [3.8, 4) is 23.3 Å². The summed E-state index contributed by atoms with van der Waals surface area (Å²) in [5.74, 6) is 8.63. The molecule has 4 saturated carbocycles. The summed E-state index contributed by atoms with van der Waals surface area (Å²) in [7, 11) is 3.18. The van der Waals surface area contributed by atoms with Crippen LogP contribution in [0, 0.1) is 29.6 Å². The van der Waals surface area contributed by atoms with Gasteiger partial charge in [0.05, 0.1) is 30.9 Å². The van der Waals surface area contributed by atoms with E-state index in [0.717, 1.165) is 42.6 Å². The minimum absolute atomic E-state index is 0.000922. The van der Waals surface area contributed by atoms with Crippen LogP contribution in [-0.4, -0.2) is 58.4 Å². The molecule has 0 aliphatic heterocycles. The average Bonchev–Trinajstić information content (AvgIpc) is 2.95. The van der Waals surface area contributed by atoms with Gasteiger partial charge in [-0.05, 0) is 86.8 Å². The van der Waals surface area contributed by atoms with Crippen LogP contribution in [0.5, 0.6) is 11.5 Å². The third kappa shape index (κ3) is 6.70. The first-order valence-corrected chi connectivity index (χ1v) is 14.5. The van der Waals surface area contributed by atoms with Gasteiger partial charge in [-0.15, -0.1) is 0 Å². The van der Waals surface area contributed by atoms with Crippen molar-refractivity contribution >= 4 is 5.97 Å². The van der Waals surface area contributed by atoms with E-state index in [1.54, 1.807) is 38.5 Å². The fourth-order valence-corrected chi connectivity index (χ4v) is 7.34. The Hall–Kier alpha value is -3.09. The fourth-order valence-electron chi connectivity index (χ4n) is 7.34. The lowest BCUT2D eigenvalue weighted by molar-refractivity contribution is -0.231. The molecule has 0 amide bonds. The smallest absolute Gasteiger partial charge is 0.336 e. The van der Waals surface area contributed by atoms with Crippen molar-refractivity contribution < 1.29 is 38.3 Å². The van der Waals surface area contributed by atoms with Crippen LogP contribution in [0.3, 0.4) is 0 Å². The predicted molar refractivity (Wildman–Crippen MR) is 152 cm³/mol. The summed E-state index contributed by atoms with van der Waals surface area (Å²) in [6.07, 6.45) is 7.30. The van der Waals surface area contributed by atoms with E-state index < -0.39 is 12.4 Å². The second-order valence-corrected chi connectivity index (χ2v) is 11.4. The van der Waals surface area contributed by atoms with Gasteiger partial charge in [0.1, 0.15) is 11.5 Å². The zero-order valence-corrected chi connectivity index (χ0v) is 24.1. The molecule has 6 rings (SSSR count). The molecule has 2 aromatic carbocycles. The largest absolute Gasteiger partial charge is 0.478 e. The summed E-state index contributed by atoms with van der Waals surface area (Å²) >= 11 is 0. The molecule has 4 aliphatic carbocycles. The molecule has 220 valence electrons. The lowest BCUT2D eigenvalue weighted by Crippen LogP contribution is -2.48. The molecule has 0 spiro atoms. The van der Waals surface area contributed by atoms with Crippen LogP contribution in [0.15, 0.2) is 36.4 Å². The van der Waals surface area contributed by atoms with E-state index in [-0.39, 0.29) is 17.8 Å². The van der Waals surface area contributed by atoms with E-state index in [1.165, 1.54) is 19.3 Å². The van der Waals surface area contributed by atoms with Crippen LogP contribution < -0.4 is 9.47 Å². The fraction of sp³-hybridized carbons (Fsp3) is 0.545. The molecular weight excluding hydrogens is 524 g/mol. The summed E-state index contributed by atoms with van der Waals surface area (Å²) in [4.78, 5) is 11.8. The first-order chi connectivity index (χ1) is 19.9. The van der Waals surface area contributed by atoms with Gasteiger partial charge in [-0.25, -0.2) is 4.79 Å². The molecule has 1 atom stereocenters. The summed E-state index contributed by atoms with van der Waals surface area (Å²) in [6, 6.07) is 10.7. The minimum Gasteiger partial charge on any atom is -0.478 e. The van der Waals surface area contributed by atoms with Gasteiger partial charge in [0.15, 0.2) is 6.79 Å². The van der Waals surface area contributed by atoms with Crippen LogP contribution in [0.2, 0.25) is 0 Å². The highest BCUT2D eigenvalue weighted by Crippen LogP contribution is 2.62. The Kier molecular flexibility index (Phi) is 9.51. The number of carbonyl (C=O) groups is 1. The summed E-state index contributed by atoms with van der Waals surface area (Å²) in [5, 5.41) is 9.67. The lowest BCUT2D eigenvalue weighted by Gasteiger charge is -2.57. The molecule has 4 bridgehead atoms. The maximum absolute atomic E-state index is 11.8. The monoisotopic (exact) mass is 564 g/mol. The van der Waals surface area contributed by atoms with Gasteiger partial charge in [-0.1, -0.05) is 24.0 Å². The van der Waals surface area contributed by atoms with Gasteiger partial charge in [0, 0.05) is 31.4 Å². The van der Waals surface area contributed by atoms with E-state index >= 15 is 0 Å². The second kappa shape index (κ2) is 13.3. The Morgan fingerprint density at radius 1 is 0.976 bits per heavy atom. The molecule has 0 aromatic heterocycles. The standard InChI is InChI=1S/C33H40O8/c1-4-39-32(37-3)41-30-17-29(40-21-38-12-11-36-2)26(10-9-25-7-5-6-8-27(25)31(34)35)16-28(30)33-18-22-13-23(19-33)15-24(14-22)20-33/h5-8,16-17,22-24,32H,4,11-15,18-21H2,1-3H3,(H,34,35). The number of methoxy groups -OCH3 is 2. The van der Waals surface area contributed by atoms with Crippen LogP contribution in [0.1, 0.15) is 72.5 Å². The van der Waals surface area contributed by atoms with Crippen molar-refractivity contribution in [3.05, 3.63) is 58.7 Å². The third-order valence-corrected chi connectivity index (χ3v) is 8.63. The lowest BCUT2D eigenvalue weighted by atomic mass is 9.48. The highest BCUT2D eigenvalue weighted by atomic mass is 16.8. The highest BCUT2D eigenvalue weighted by molar-refractivity contribution is 5.90. The molecule has 41 heavy (non-hydrogen) atoms. The SMILES string of the molecule is CCOC(OC)Oc1cc(OCOCCOC)c(C#Cc2ccccc2C(=O)O)cc1C12CC3CC(CC(C3)C1)C2. The van der Waals surface area contributed by atoms with E-state index in [4.69, 9.17) is 28.4 Å². The molecule has 0 radical (unpaired) electrons. The zero-order valence-electron chi connectivity index (χ0n) is 24.1. The topological polar surface area (TPSA) is 92.7 Å². The first kappa shape index (κ1) is 29.4. The second-order valence-electron chi connectivity index (χ2n) is 11.4. The van der Waals surface area contributed by atoms with Crippen LogP contribution >= 0.6 is 0 Å². The number of rotatable bonds is 13. The maximum atomic E-state index is 11.8. The molecule has 1 N–H and O–H groups in total. The van der Waals surface area contributed by atoms with Crippen molar-refractivity contribution in [3.63, 3.8) is 0 Å². The van der Waals surface area contributed by atoms with Crippen LogP contribution in [0.4, 0.5) is 0 Å². The maximum Gasteiger partial charge on any atom is 0.336 e. The van der Waals surface area contributed by atoms with Gasteiger partial charge in [0.25, 0.3) is 0 Å². The number of benzene rings is 2. The molecule has 4 fully saturated rings. The normalized spacial score (nSPS) is 24.9. The van der Waals surface area contributed by atoms with Crippen molar-refractivity contribution in [2.24, 2.45) is 17.8 Å². The molecule has 8 heteroatoms. The molecule has 4 aliphatic rings.